The number of methoxy groups -OCH3 is 1. The van der Waals surface area contributed by atoms with Gasteiger partial charge >= 0.3 is 5.97 Å². The number of nitrogens with zero attached hydrogens (tertiary/aromatic N) is 1. The molecule has 5 heteroatoms. The summed E-state index contributed by atoms with van der Waals surface area (Å²) in [5.74, 6) is 4.89. The minimum Gasteiger partial charge on any atom is -0.468 e. The van der Waals surface area contributed by atoms with E-state index in [-0.39, 0.29) is 12.5 Å². The maximum atomic E-state index is 12.0. The second-order valence-corrected chi connectivity index (χ2v) is 3.82. The summed E-state index contributed by atoms with van der Waals surface area (Å²) in [6, 6.07) is 6.80. The molecule has 19 heavy (non-hydrogen) atoms. The van der Waals surface area contributed by atoms with Crippen LogP contribution in [0.2, 0.25) is 0 Å². The summed E-state index contributed by atoms with van der Waals surface area (Å²) in [6.45, 7) is 0.215. The van der Waals surface area contributed by atoms with Gasteiger partial charge in [-0.3, -0.25) is 9.59 Å². The zero-order valence-electron chi connectivity index (χ0n) is 11.0. The Hall–Kier alpha value is -2.32. The van der Waals surface area contributed by atoms with Crippen LogP contribution in [0.1, 0.15) is 15.9 Å². The van der Waals surface area contributed by atoms with E-state index in [0.717, 1.165) is 5.56 Å². The number of benzene rings is 1. The first kappa shape index (κ1) is 14.7. The molecule has 2 N–H and O–H groups in total. The number of carbonyl (C=O) groups excluding carboxylic acids is 2. The fourth-order valence-electron chi connectivity index (χ4n) is 1.40. The van der Waals surface area contributed by atoms with Crippen molar-refractivity contribution in [2.45, 2.75) is 0 Å². The molecule has 0 unspecified atom stereocenters. The zero-order chi connectivity index (χ0) is 14.3. The molecule has 0 aliphatic carbocycles. The van der Waals surface area contributed by atoms with Crippen LogP contribution in [-0.4, -0.2) is 44.0 Å². The van der Waals surface area contributed by atoms with Gasteiger partial charge in [0.25, 0.3) is 5.91 Å². The largest absolute Gasteiger partial charge is 0.468 e. The van der Waals surface area contributed by atoms with E-state index in [1.165, 1.54) is 12.0 Å². The van der Waals surface area contributed by atoms with Crippen molar-refractivity contribution in [3.63, 3.8) is 0 Å². The Morgan fingerprint density at radius 2 is 1.95 bits per heavy atom. The standard InChI is InChI=1S/C14H16N2O3/c1-16(10-13(17)19-2)14(18)12-7-5-11(6-8-12)4-3-9-15/h5-8H,9-10,15H2,1-2H3. The number of rotatable bonds is 3. The Balaban J connectivity index is 2.75. The van der Waals surface area contributed by atoms with Crippen molar-refractivity contribution in [1.29, 1.82) is 0 Å². The molecule has 0 radical (unpaired) electrons. The smallest absolute Gasteiger partial charge is 0.325 e. The number of hydrogen-bond acceptors (Lipinski definition) is 4. The average molecular weight is 260 g/mol. The van der Waals surface area contributed by atoms with Crippen molar-refractivity contribution < 1.29 is 14.3 Å². The highest BCUT2D eigenvalue weighted by Crippen LogP contribution is 2.06. The van der Waals surface area contributed by atoms with Gasteiger partial charge in [-0.1, -0.05) is 11.8 Å². The van der Waals surface area contributed by atoms with Gasteiger partial charge in [0.15, 0.2) is 0 Å². The number of carbonyl (C=O) groups is 2. The Kier molecular flexibility index (Phi) is 5.58. The molecule has 0 spiro atoms. The first-order valence-corrected chi connectivity index (χ1v) is 5.69. The lowest BCUT2D eigenvalue weighted by molar-refractivity contribution is -0.141. The van der Waals surface area contributed by atoms with E-state index in [2.05, 4.69) is 16.6 Å². The average Bonchev–Trinajstić information content (AvgIpc) is 2.44. The first-order valence-electron chi connectivity index (χ1n) is 5.69. The summed E-state index contributed by atoms with van der Waals surface area (Å²) in [7, 11) is 2.83. The van der Waals surface area contributed by atoms with E-state index in [9.17, 15) is 9.59 Å². The van der Waals surface area contributed by atoms with E-state index >= 15 is 0 Å². The number of likely N-dealkylation sites (N-methyl/N-ethyl adjacent to an activating group) is 1. The quantitative estimate of drug-likeness (QED) is 0.624. The minimum absolute atomic E-state index is 0.0793. The van der Waals surface area contributed by atoms with Crippen molar-refractivity contribution in [3.05, 3.63) is 35.4 Å². The van der Waals surface area contributed by atoms with E-state index in [0.29, 0.717) is 12.1 Å². The van der Waals surface area contributed by atoms with Gasteiger partial charge in [-0.25, -0.2) is 0 Å². The highest BCUT2D eigenvalue weighted by molar-refractivity contribution is 5.95. The Morgan fingerprint density at radius 1 is 1.32 bits per heavy atom. The van der Waals surface area contributed by atoms with E-state index in [1.807, 2.05) is 0 Å². The van der Waals surface area contributed by atoms with Gasteiger partial charge in [-0.05, 0) is 24.3 Å². The molecule has 0 fully saturated rings. The number of amides is 1. The van der Waals surface area contributed by atoms with Gasteiger partial charge in [0, 0.05) is 18.2 Å². The van der Waals surface area contributed by atoms with Gasteiger partial charge in [0.2, 0.25) is 0 Å². The van der Waals surface area contributed by atoms with Crippen LogP contribution in [0, 0.1) is 11.8 Å². The molecular weight excluding hydrogens is 244 g/mol. The fourth-order valence-corrected chi connectivity index (χ4v) is 1.40. The van der Waals surface area contributed by atoms with E-state index < -0.39 is 5.97 Å². The molecule has 1 aromatic carbocycles. The zero-order valence-corrected chi connectivity index (χ0v) is 11.0. The molecule has 0 aromatic heterocycles. The predicted molar refractivity (Wildman–Crippen MR) is 71.4 cm³/mol. The molecule has 0 atom stereocenters. The van der Waals surface area contributed by atoms with Crippen LogP contribution in [0.25, 0.3) is 0 Å². The minimum atomic E-state index is -0.457. The normalized spacial score (nSPS) is 9.21. The highest BCUT2D eigenvalue weighted by atomic mass is 16.5. The maximum Gasteiger partial charge on any atom is 0.325 e. The summed E-state index contributed by atoms with van der Waals surface area (Å²) in [6.07, 6.45) is 0. The monoisotopic (exact) mass is 260 g/mol. The summed E-state index contributed by atoms with van der Waals surface area (Å²) >= 11 is 0. The molecule has 5 nitrogen and oxygen atoms in total. The molecule has 1 aromatic rings. The topological polar surface area (TPSA) is 72.6 Å². The third-order valence-corrected chi connectivity index (χ3v) is 2.41. The predicted octanol–water partition coefficient (Wildman–Crippen LogP) is 0.242. The van der Waals surface area contributed by atoms with Crippen molar-refractivity contribution in [3.8, 4) is 11.8 Å². The molecule has 0 saturated heterocycles. The molecule has 0 aliphatic heterocycles. The number of nitrogens with two attached hydrogens (primary N) is 1. The molecule has 1 rings (SSSR count). The van der Waals surface area contributed by atoms with Crippen LogP contribution in [0.15, 0.2) is 24.3 Å². The highest BCUT2D eigenvalue weighted by Gasteiger charge is 2.14. The van der Waals surface area contributed by atoms with Crippen molar-refractivity contribution in [1.82, 2.24) is 4.90 Å². The number of esters is 1. The van der Waals surface area contributed by atoms with Gasteiger partial charge in [-0.15, -0.1) is 0 Å². The summed E-state index contributed by atoms with van der Waals surface area (Å²) < 4.78 is 4.51. The van der Waals surface area contributed by atoms with Crippen LogP contribution < -0.4 is 5.73 Å². The Labute approximate surface area is 112 Å². The van der Waals surface area contributed by atoms with Crippen molar-refractivity contribution in [2.75, 3.05) is 27.2 Å². The maximum absolute atomic E-state index is 12.0. The SMILES string of the molecule is COC(=O)CN(C)C(=O)c1ccc(C#CCN)cc1. The molecule has 0 heterocycles. The lowest BCUT2D eigenvalue weighted by Gasteiger charge is -2.15. The third kappa shape index (κ3) is 4.45. The lowest BCUT2D eigenvalue weighted by atomic mass is 10.1. The summed E-state index contributed by atoms with van der Waals surface area (Å²) in [5.41, 5.74) is 6.56. The third-order valence-electron chi connectivity index (χ3n) is 2.41. The van der Waals surface area contributed by atoms with Crippen molar-refractivity contribution >= 4 is 11.9 Å². The van der Waals surface area contributed by atoms with Gasteiger partial charge in [-0.2, -0.15) is 0 Å². The fraction of sp³-hybridized carbons (Fsp3) is 0.286. The summed E-state index contributed by atoms with van der Waals surface area (Å²) in [4.78, 5) is 24.4. The van der Waals surface area contributed by atoms with Crippen LogP contribution >= 0.6 is 0 Å². The Bertz CT molecular complexity index is 512. The molecule has 100 valence electrons. The second-order valence-electron chi connectivity index (χ2n) is 3.82. The van der Waals surface area contributed by atoms with Gasteiger partial charge < -0.3 is 15.4 Å². The molecule has 0 bridgehead atoms. The van der Waals surface area contributed by atoms with E-state index in [1.54, 1.807) is 31.3 Å². The van der Waals surface area contributed by atoms with Crippen LogP contribution in [-0.2, 0) is 9.53 Å². The van der Waals surface area contributed by atoms with Gasteiger partial charge in [0.05, 0.1) is 13.7 Å². The molecule has 0 saturated carbocycles. The number of hydrogen-bond donors (Lipinski definition) is 1. The van der Waals surface area contributed by atoms with Gasteiger partial charge in [0.1, 0.15) is 6.54 Å². The second kappa shape index (κ2) is 7.19. The first-order chi connectivity index (χ1) is 9.08. The number of ether oxygens (including phenoxy) is 1. The molecular formula is C14H16N2O3. The molecule has 1 amide bonds. The lowest BCUT2D eigenvalue weighted by Crippen LogP contribution is -2.32. The van der Waals surface area contributed by atoms with Crippen molar-refractivity contribution in [2.24, 2.45) is 5.73 Å². The van der Waals surface area contributed by atoms with E-state index in [4.69, 9.17) is 5.73 Å². The summed E-state index contributed by atoms with van der Waals surface area (Å²) in [5, 5.41) is 0. The van der Waals surface area contributed by atoms with Crippen LogP contribution in [0.4, 0.5) is 0 Å². The molecule has 0 aliphatic rings. The Morgan fingerprint density at radius 3 is 2.47 bits per heavy atom. The van der Waals surface area contributed by atoms with Crippen LogP contribution in [0.5, 0.6) is 0 Å². The van der Waals surface area contributed by atoms with Crippen LogP contribution in [0.3, 0.4) is 0 Å².